The molecule has 0 bridgehead atoms. The summed E-state index contributed by atoms with van der Waals surface area (Å²) in [6, 6.07) is 0. The van der Waals surface area contributed by atoms with E-state index in [1.54, 1.807) is 6.21 Å². The van der Waals surface area contributed by atoms with Crippen LogP contribution in [0.3, 0.4) is 0 Å². The molecule has 13 N–H and O–H groups in total. The molecule has 0 aliphatic rings. The van der Waals surface area contributed by atoms with Crippen LogP contribution in [0.4, 0.5) is 28.8 Å². The first-order valence-electron chi connectivity index (χ1n) is 41.7. The molecule has 0 saturated carbocycles. The van der Waals surface area contributed by atoms with Crippen LogP contribution >= 0.6 is 0 Å². The summed E-state index contributed by atoms with van der Waals surface area (Å²) in [5, 5.41) is 56.7. The highest BCUT2D eigenvalue weighted by Gasteiger charge is 2.11. The van der Waals surface area contributed by atoms with E-state index in [9.17, 15) is 62.3 Å². The molecule has 0 aromatic heterocycles. The van der Waals surface area contributed by atoms with Crippen molar-refractivity contribution in [2.24, 2.45) is 77.5 Å². The lowest BCUT2D eigenvalue weighted by Gasteiger charge is -2.09. The quantitative estimate of drug-likeness (QED) is 0.00949. The summed E-state index contributed by atoms with van der Waals surface area (Å²) in [7, 11) is 0. The summed E-state index contributed by atoms with van der Waals surface area (Å²) in [5.74, 6) is 1.74. The smallest absolute Gasteiger partial charge is 0.409 e. The van der Waals surface area contributed by atoms with E-state index in [4.69, 9.17) is 67.0 Å². The first kappa shape index (κ1) is 127. The molecule has 0 aliphatic heterocycles. The van der Waals surface area contributed by atoms with Gasteiger partial charge in [0.1, 0.15) is 6.61 Å². The largest absolute Gasteiger partial charge is 0.449 e. The number of rotatable bonds is 59. The lowest BCUT2D eigenvalue weighted by Crippen LogP contribution is -2.27. The van der Waals surface area contributed by atoms with Crippen molar-refractivity contribution in [3.63, 3.8) is 0 Å². The van der Waals surface area contributed by atoms with Crippen LogP contribution in [0.15, 0.2) is 36.1 Å². The van der Waals surface area contributed by atoms with Gasteiger partial charge in [-0.1, -0.05) is 178 Å². The Balaban J connectivity index is -0.000000262. The lowest BCUT2D eigenvalue weighted by molar-refractivity contribution is -0.119. The minimum atomic E-state index is -0.535. The minimum absolute atomic E-state index is 0.0695. The van der Waals surface area contributed by atoms with E-state index >= 15 is 0 Å². The molecule has 7 unspecified atom stereocenters. The molecule has 0 heterocycles. The van der Waals surface area contributed by atoms with Crippen LogP contribution in [-0.4, -0.2) is 267 Å². The first-order valence-corrected chi connectivity index (χ1v) is 41.7. The van der Waals surface area contributed by atoms with Crippen molar-refractivity contribution in [2.75, 3.05) is 146 Å². The van der Waals surface area contributed by atoms with Crippen molar-refractivity contribution in [1.29, 1.82) is 0 Å². The lowest BCUT2D eigenvalue weighted by atomic mass is 10.1. The second-order valence-electron chi connectivity index (χ2n) is 27.1. The van der Waals surface area contributed by atoms with Gasteiger partial charge in [-0.2, -0.15) is 0 Å². The molecule has 0 radical (unpaired) electrons. The Bertz CT molecular complexity index is 2560. The van der Waals surface area contributed by atoms with Crippen LogP contribution in [0.2, 0.25) is 0 Å². The van der Waals surface area contributed by atoms with E-state index in [2.05, 4.69) is 119 Å². The molecule has 0 fully saturated rings. The Morgan fingerprint density at radius 1 is 0.222 bits per heavy atom. The number of hydrogen-bond acceptors (Lipinski definition) is 34. The van der Waals surface area contributed by atoms with Crippen molar-refractivity contribution in [3.8, 4) is 0 Å². The number of hydrogen-bond donors (Lipinski definition) is 13. The van der Waals surface area contributed by atoms with Gasteiger partial charge in [-0.05, 0) is 54.3 Å². The van der Waals surface area contributed by atoms with Crippen molar-refractivity contribution in [2.45, 2.75) is 203 Å². The van der Waals surface area contributed by atoms with Gasteiger partial charge < -0.3 is 104 Å². The van der Waals surface area contributed by atoms with Crippen molar-refractivity contribution < 1.29 is 129 Å². The number of alkyl carbamates (subject to hydrolysis) is 6. The second kappa shape index (κ2) is 98.6. The van der Waals surface area contributed by atoms with E-state index in [1.807, 2.05) is 83.1 Å². The number of oxime groups is 7. The molecule has 47 nitrogen and oxygen atoms in total. The van der Waals surface area contributed by atoms with Crippen molar-refractivity contribution >= 4 is 121 Å². The average molecular weight is 1810 g/mol. The molecule has 0 saturated heterocycles. The number of amides is 13. The Morgan fingerprint density at radius 2 is 0.373 bits per heavy atom. The standard InChI is InChI=1S/C13H26N2O3.6C11H21N3O4/c1-4-12(2)11-17-9-5-6-10-18-15-8-7-14-13(3)16;6*1-4-9(2)7-17-11(16)13-8-18-14-6-5-12-10(3)15/h8,12H,4-7,9-11H2,1-3H3,(H,14,16);6*6,9H,4-5,7-8H2,1-3H3,(H,12,15)(H,13,16)/b15-8-;6*14-6+. The monoisotopic (exact) mass is 1810 g/mol. The number of carbonyl (C=O) groups is 13. The summed E-state index contributed by atoms with van der Waals surface area (Å²) in [6.07, 6.45) is 15.4. The Morgan fingerprint density at radius 3 is 0.532 bits per heavy atom. The van der Waals surface area contributed by atoms with E-state index in [-0.39, 0.29) is 121 Å². The Labute approximate surface area is 743 Å². The number of unbranched alkanes of at least 4 members (excludes halogenated alkanes) is 1. The molecule has 0 spiro atoms. The topological polar surface area (TPSA) is 594 Å². The summed E-state index contributed by atoms with van der Waals surface area (Å²) in [5.41, 5.74) is 0. The highest BCUT2D eigenvalue weighted by molar-refractivity contribution is 5.80. The third-order valence-electron chi connectivity index (χ3n) is 14.9. The van der Waals surface area contributed by atoms with Gasteiger partial charge in [-0.3, -0.25) is 65.5 Å². The predicted octanol–water partition coefficient (Wildman–Crippen LogP) is 7.10. The van der Waals surface area contributed by atoms with Crippen LogP contribution in [0.1, 0.15) is 203 Å². The van der Waals surface area contributed by atoms with Crippen LogP contribution in [-0.2, 0) is 101 Å². The molecule has 0 aromatic rings. The molecular weight excluding hydrogens is 1660 g/mol. The maximum absolute atomic E-state index is 11.1. The van der Waals surface area contributed by atoms with E-state index in [1.165, 1.54) is 85.8 Å². The molecule has 47 heteroatoms. The third kappa shape index (κ3) is 123. The Hall–Kier alpha value is -11.8. The maximum atomic E-state index is 11.1. The van der Waals surface area contributed by atoms with E-state index < -0.39 is 36.6 Å². The maximum Gasteiger partial charge on any atom is 0.409 e. The second-order valence-corrected chi connectivity index (χ2v) is 27.1. The number of carbonyl (C=O) groups excluding carboxylic acids is 13. The fourth-order valence-corrected chi connectivity index (χ4v) is 5.87. The zero-order valence-corrected chi connectivity index (χ0v) is 78.2. The van der Waals surface area contributed by atoms with Gasteiger partial charge in [-0.15, -0.1) is 0 Å². The highest BCUT2D eigenvalue weighted by atomic mass is 16.7. The number of nitrogens with zero attached hydrogens (tertiary/aromatic N) is 7. The highest BCUT2D eigenvalue weighted by Crippen LogP contribution is 2.06. The van der Waals surface area contributed by atoms with E-state index in [0.717, 1.165) is 71.0 Å². The molecule has 730 valence electrons. The minimum Gasteiger partial charge on any atom is -0.449 e. The normalized spacial score (nSPS) is 12.0. The molecule has 0 aliphatic carbocycles. The van der Waals surface area contributed by atoms with Crippen LogP contribution in [0.5, 0.6) is 0 Å². The van der Waals surface area contributed by atoms with E-state index in [0.29, 0.717) is 94.2 Å². The van der Waals surface area contributed by atoms with Gasteiger partial charge in [0.25, 0.3) is 0 Å². The summed E-state index contributed by atoms with van der Waals surface area (Å²) >= 11 is 0. The van der Waals surface area contributed by atoms with Gasteiger partial charge in [0.2, 0.25) is 41.4 Å². The molecule has 126 heavy (non-hydrogen) atoms. The Kier molecular flexibility index (Phi) is 99.6. The third-order valence-corrected chi connectivity index (χ3v) is 14.9. The zero-order valence-electron chi connectivity index (χ0n) is 78.2. The van der Waals surface area contributed by atoms with Crippen LogP contribution in [0.25, 0.3) is 0 Å². The molecule has 0 rings (SSSR count). The van der Waals surface area contributed by atoms with Crippen LogP contribution < -0.4 is 69.1 Å². The summed E-state index contributed by atoms with van der Waals surface area (Å²) in [6.45, 7) is 44.6. The van der Waals surface area contributed by atoms with Gasteiger partial charge in [-0.25, -0.2) is 28.8 Å². The van der Waals surface area contributed by atoms with Gasteiger partial charge in [0, 0.05) is 61.7 Å². The van der Waals surface area contributed by atoms with Crippen molar-refractivity contribution in [3.05, 3.63) is 0 Å². The van der Waals surface area contributed by atoms with Crippen molar-refractivity contribution in [1.82, 2.24) is 69.1 Å². The fourth-order valence-electron chi connectivity index (χ4n) is 5.87. The first-order chi connectivity index (χ1) is 60.0. The molecule has 0 aromatic carbocycles. The molecule has 7 atom stereocenters. The number of ether oxygens (including phenoxy) is 7. The average Bonchev–Trinajstić information content (AvgIpc) is 1.05. The molecule has 13 amide bonds. The van der Waals surface area contributed by atoms with Gasteiger partial charge in [0.05, 0.1) is 129 Å². The van der Waals surface area contributed by atoms with Gasteiger partial charge >= 0.3 is 36.6 Å². The summed E-state index contributed by atoms with van der Waals surface area (Å²) in [4.78, 5) is 174. The zero-order chi connectivity index (χ0) is 96.5. The predicted molar refractivity (Wildman–Crippen MR) is 475 cm³/mol. The SMILES string of the molecule is CCC(C)COC(=O)NCO/N=C/CNC(C)=O.CCC(C)COC(=O)NCO/N=C/CNC(C)=O.CCC(C)COC(=O)NCO/N=C/CNC(C)=O.CCC(C)COC(=O)NCO/N=C/CNC(C)=O.CCC(C)COC(=O)NCO/N=C/CNC(C)=O.CCC(C)COC(=O)NCO/N=C/CNC(C)=O.CCC(C)COCCCCO/N=C\CNC(C)=O. The molecular formula is C79H152N20O27. The van der Waals surface area contributed by atoms with Gasteiger partial charge in [0.15, 0.2) is 40.4 Å². The summed E-state index contributed by atoms with van der Waals surface area (Å²) < 4.78 is 35.0. The fraction of sp³-hybridized carbons (Fsp3) is 0.747. The number of nitrogens with one attached hydrogen (secondary N) is 13. The van der Waals surface area contributed by atoms with Crippen LogP contribution in [0, 0.1) is 41.4 Å².